The number of hydrogen-bond acceptors (Lipinski definition) is 4. The molecule has 0 bridgehead atoms. The molecule has 0 saturated heterocycles. The molecule has 4 rings (SSSR count). The first-order valence-corrected chi connectivity index (χ1v) is 10.6. The van der Waals surface area contributed by atoms with Crippen molar-refractivity contribution in [2.45, 2.75) is 45.7 Å². The van der Waals surface area contributed by atoms with E-state index in [4.69, 9.17) is 0 Å². The van der Waals surface area contributed by atoms with Gasteiger partial charge >= 0.3 is 6.18 Å². The summed E-state index contributed by atoms with van der Waals surface area (Å²) in [5.41, 5.74) is -0.0352. The summed E-state index contributed by atoms with van der Waals surface area (Å²) in [6.07, 6.45) is -2.47. The number of amides is 1. The molecule has 1 atom stereocenters. The fourth-order valence-corrected chi connectivity index (χ4v) is 4.68. The molecule has 2 aliphatic rings. The molecule has 2 N–H and O–H groups in total. The Labute approximate surface area is 189 Å². The number of anilines is 1. The van der Waals surface area contributed by atoms with Crippen molar-refractivity contribution in [2.24, 2.45) is 5.41 Å². The predicted molar refractivity (Wildman–Crippen MR) is 118 cm³/mol. The van der Waals surface area contributed by atoms with Crippen LogP contribution in [0.3, 0.4) is 0 Å². The molecule has 0 radical (unpaired) electrons. The van der Waals surface area contributed by atoms with Crippen LogP contribution in [-0.2, 0) is 15.8 Å². The molecule has 1 aliphatic heterocycles. The lowest BCUT2D eigenvalue weighted by Gasteiger charge is -2.40. The van der Waals surface area contributed by atoms with E-state index in [1.165, 1.54) is 24.4 Å². The molecule has 0 saturated carbocycles. The van der Waals surface area contributed by atoms with Gasteiger partial charge < -0.3 is 10.6 Å². The second kappa shape index (κ2) is 8.17. The molecule has 1 aromatic heterocycles. The third-order valence-corrected chi connectivity index (χ3v) is 5.97. The molecule has 0 spiro atoms. The summed E-state index contributed by atoms with van der Waals surface area (Å²) in [4.78, 5) is 30.7. The minimum Gasteiger partial charge on any atom is -0.362 e. The third-order valence-electron chi connectivity index (χ3n) is 5.97. The number of halogens is 3. The van der Waals surface area contributed by atoms with E-state index < -0.39 is 23.6 Å². The number of benzene rings is 1. The Morgan fingerprint density at radius 1 is 1.12 bits per heavy atom. The van der Waals surface area contributed by atoms with Crippen molar-refractivity contribution in [2.75, 3.05) is 5.32 Å². The second-order valence-electron chi connectivity index (χ2n) is 9.18. The molecule has 33 heavy (non-hydrogen) atoms. The first-order chi connectivity index (χ1) is 15.5. The molecule has 1 aliphatic carbocycles. The lowest BCUT2D eigenvalue weighted by atomic mass is 9.68. The van der Waals surface area contributed by atoms with E-state index in [-0.39, 0.29) is 40.1 Å². The van der Waals surface area contributed by atoms with Crippen molar-refractivity contribution >= 4 is 17.5 Å². The predicted octanol–water partition coefficient (Wildman–Crippen LogP) is 5.34. The highest BCUT2D eigenvalue weighted by atomic mass is 19.4. The zero-order chi connectivity index (χ0) is 24.0. The van der Waals surface area contributed by atoms with Gasteiger partial charge in [-0.15, -0.1) is 0 Å². The highest BCUT2D eigenvalue weighted by Gasteiger charge is 2.45. The Morgan fingerprint density at radius 3 is 2.48 bits per heavy atom. The number of alkyl halides is 3. The zero-order valence-corrected chi connectivity index (χ0v) is 18.5. The van der Waals surface area contributed by atoms with E-state index >= 15 is 0 Å². The summed E-state index contributed by atoms with van der Waals surface area (Å²) >= 11 is 0. The first kappa shape index (κ1) is 22.8. The van der Waals surface area contributed by atoms with Gasteiger partial charge in [0.25, 0.3) is 5.91 Å². The maximum absolute atomic E-state index is 14.0. The normalized spacial score (nSPS) is 20.3. The molecular formula is C25H24F3N3O2. The van der Waals surface area contributed by atoms with E-state index in [0.717, 1.165) is 6.07 Å². The maximum Gasteiger partial charge on any atom is 0.416 e. The molecule has 0 fully saturated rings. The van der Waals surface area contributed by atoms with Crippen molar-refractivity contribution in [3.05, 3.63) is 82.3 Å². The number of rotatable bonds is 3. The number of nitrogens with zero attached hydrogens (tertiary/aromatic N) is 1. The van der Waals surface area contributed by atoms with Gasteiger partial charge in [0.05, 0.1) is 5.56 Å². The molecule has 2 heterocycles. The molecule has 1 unspecified atom stereocenters. The highest BCUT2D eigenvalue weighted by molar-refractivity contribution is 6.09. The van der Waals surface area contributed by atoms with Crippen molar-refractivity contribution < 1.29 is 22.8 Å². The molecule has 5 nitrogen and oxygen atoms in total. The van der Waals surface area contributed by atoms with Gasteiger partial charge in [-0.05, 0) is 42.5 Å². The SMILES string of the molecule is CC1=C(C(=O)Nc2ccccn2)C(c2ccccc2C(F)(F)F)C2=C(CC(C)(C)CC2=O)N1. The van der Waals surface area contributed by atoms with Gasteiger partial charge in [-0.3, -0.25) is 9.59 Å². The minimum atomic E-state index is -4.64. The highest BCUT2D eigenvalue weighted by Crippen LogP contribution is 2.49. The van der Waals surface area contributed by atoms with Crippen LogP contribution in [0.15, 0.2) is 71.2 Å². The Hall–Kier alpha value is -3.42. The Bertz CT molecular complexity index is 1180. The van der Waals surface area contributed by atoms with Gasteiger partial charge in [-0.1, -0.05) is 38.1 Å². The number of Topliss-reactive ketones (excluding diaryl/α,β-unsaturated/α-hetero) is 1. The van der Waals surface area contributed by atoms with Crippen LogP contribution in [0.2, 0.25) is 0 Å². The number of nitrogens with one attached hydrogen (secondary N) is 2. The molecule has 8 heteroatoms. The second-order valence-corrected chi connectivity index (χ2v) is 9.18. The lowest BCUT2D eigenvalue weighted by molar-refractivity contribution is -0.138. The summed E-state index contributed by atoms with van der Waals surface area (Å²) in [6, 6.07) is 10.1. The third kappa shape index (κ3) is 4.42. The summed E-state index contributed by atoms with van der Waals surface area (Å²) < 4.78 is 41.9. The minimum absolute atomic E-state index is 0.0733. The lowest BCUT2D eigenvalue weighted by Crippen LogP contribution is -2.39. The summed E-state index contributed by atoms with van der Waals surface area (Å²) in [6.45, 7) is 5.53. The van der Waals surface area contributed by atoms with Crippen LogP contribution in [0.5, 0.6) is 0 Å². The summed E-state index contributed by atoms with van der Waals surface area (Å²) in [5, 5.41) is 5.82. The van der Waals surface area contributed by atoms with Crippen LogP contribution in [0.4, 0.5) is 19.0 Å². The quantitative estimate of drug-likeness (QED) is 0.655. The van der Waals surface area contributed by atoms with Crippen LogP contribution in [0.1, 0.15) is 50.7 Å². The number of carbonyl (C=O) groups is 2. The number of hydrogen-bond donors (Lipinski definition) is 2. The first-order valence-electron chi connectivity index (χ1n) is 10.6. The van der Waals surface area contributed by atoms with Gasteiger partial charge in [0.1, 0.15) is 5.82 Å². The number of allylic oxidation sites excluding steroid dienone is 3. The monoisotopic (exact) mass is 455 g/mol. The summed E-state index contributed by atoms with van der Waals surface area (Å²) in [5.74, 6) is -1.75. The number of carbonyl (C=O) groups excluding carboxylic acids is 2. The van der Waals surface area contributed by atoms with Crippen LogP contribution < -0.4 is 10.6 Å². The fraction of sp³-hybridized carbons (Fsp3) is 0.320. The number of pyridine rings is 1. The molecule has 172 valence electrons. The fourth-order valence-electron chi connectivity index (χ4n) is 4.68. The van der Waals surface area contributed by atoms with Crippen LogP contribution >= 0.6 is 0 Å². The van der Waals surface area contributed by atoms with Crippen molar-refractivity contribution in [1.82, 2.24) is 10.3 Å². The molecular weight excluding hydrogens is 431 g/mol. The molecule has 2 aromatic rings. The summed E-state index contributed by atoms with van der Waals surface area (Å²) in [7, 11) is 0. The van der Waals surface area contributed by atoms with E-state index in [2.05, 4.69) is 15.6 Å². The van der Waals surface area contributed by atoms with E-state index in [0.29, 0.717) is 17.8 Å². The van der Waals surface area contributed by atoms with E-state index in [1.54, 1.807) is 25.1 Å². The Balaban J connectivity index is 1.90. The van der Waals surface area contributed by atoms with E-state index in [1.807, 2.05) is 13.8 Å². The van der Waals surface area contributed by atoms with Crippen LogP contribution in [0.25, 0.3) is 0 Å². The Kier molecular flexibility index (Phi) is 5.64. The van der Waals surface area contributed by atoms with Gasteiger partial charge in [0.15, 0.2) is 5.78 Å². The topological polar surface area (TPSA) is 71.1 Å². The van der Waals surface area contributed by atoms with Crippen LogP contribution in [0, 0.1) is 5.41 Å². The van der Waals surface area contributed by atoms with Gasteiger partial charge in [0.2, 0.25) is 0 Å². The van der Waals surface area contributed by atoms with Crippen molar-refractivity contribution in [3.8, 4) is 0 Å². The standard InChI is InChI=1S/C25H24F3N3O2/c1-14-20(23(33)31-19-10-6-7-11-29-19)21(15-8-4-5-9-16(15)25(26,27)28)22-17(30-14)12-24(2,3)13-18(22)32/h4-11,21,30H,12-13H2,1-3H3,(H,29,31,33). The van der Waals surface area contributed by atoms with Gasteiger partial charge in [-0.25, -0.2) is 4.98 Å². The molecule has 1 amide bonds. The molecule has 1 aromatic carbocycles. The van der Waals surface area contributed by atoms with Gasteiger partial charge in [-0.2, -0.15) is 13.2 Å². The average Bonchev–Trinajstić information content (AvgIpc) is 2.71. The number of aromatic nitrogens is 1. The van der Waals surface area contributed by atoms with E-state index in [9.17, 15) is 22.8 Å². The largest absolute Gasteiger partial charge is 0.416 e. The van der Waals surface area contributed by atoms with Crippen molar-refractivity contribution in [1.29, 1.82) is 0 Å². The average molecular weight is 455 g/mol. The van der Waals surface area contributed by atoms with Crippen LogP contribution in [-0.4, -0.2) is 16.7 Å². The zero-order valence-electron chi connectivity index (χ0n) is 18.5. The number of dihydropyridines is 1. The smallest absolute Gasteiger partial charge is 0.362 e. The maximum atomic E-state index is 14.0. The Morgan fingerprint density at radius 2 is 1.82 bits per heavy atom. The van der Waals surface area contributed by atoms with Gasteiger partial charge in [0, 0.05) is 41.1 Å². The van der Waals surface area contributed by atoms with Crippen molar-refractivity contribution in [3.63, 3.8) is 0 Å². The number of ketones is 1.